The summed E-state index contributed by atoms with van der Waals surface area (Å²) in [6.07, 6.45) is 1.19. The zero-order valence-corrected chi connectivity index (χ0v) is 17.3. The fraction of sp³-hybridized carbons (Fsp3) is 0.632. The maximum Gasteiger partial charge on any atom is 0.407 e. The van der Waals surface area contributed by atoms with E-state index in [4.69, 9.17) is 9.47 Å². The Morgan fingerprint density at radius 3 is 2.52 bits per heavy atom. The Morgan fingerprint density at radius 2 is 1.93 bits per heavy atom. The monoisotopic (exact) mass is 398 g/mol. The highest BCUT2D eigenvalue weighted by molar-refractivity contribution is 7.88. The van der Waals surface area contributed by atoms with Crippen LogP contribution >= 0.6 is 0 Å². The van der Waals surface area contributed by atoms with Crippen molar-refractivity contribution < 1.29 is 22.7 Å². The lowest BCUT2D eigenvalue weighted by Crippen LogP contribution is -2.44. The van der Waals surface area contributed by atoms with Gasteiger partial charge in [-0.05, 0) is 57.2 Å². The van der Waals surface area contributed by atoms with E-state index in [1.807, 2.05) is 0 Å². The number of sulfonamides is 1. The molecule has 1 aromatic carbocycles. The Balaban J connectivity index is 1.90. The van der Waals surface area contributed by atoms with Crippen LogP contribution in [0.25, 0.3) is 0 Å². The molecule has 8 heteroatoms. The van der Waals surface area contributed by atoms with Gasteiger partial charge in [0, 0.05) is 19.6 Å². The number of carbonyl (C=O) groups is 1. The fourth-order valence-corrected chi connectivity index (χ4v) is 4.65. The lowest BCUT2D eigenvalue weighted by molar-refractivity contribution is 0.0513. The fourth-order valence-electron chi connectivity index (χ4n) is 3.01. The number of carbonyl (C=O) groups excluding carboxylic acids is 1. The third kappa shape index (κ3) is 7.03. The number of benzene rings is 1. The average Bonchev–Trinajstić information content (AvgIpc) is 2.59. The minimum Gasteiger partial charge on any atom is -0.497 e. The maximum absolute atomic E-state index is 12.8. The SMILES string of the molecule is COc1ccc(CS(=O)(=O)N2CCC[C@@H](CNC(=O)OC(C)(C)C)C2)cc1. The number of nitrogens with one attached hydrogen (secondary N) is 1. The molecule has 2 rings (SSSR count). The van der Waals surface area contributed by atoms with E-state index in [1.54, 1.807) is 52.1 Å². The molecule has 1 amide bonds. The van der Waals surface area contributed by atoms with E-state index in [0.29, 0.717) is 25.4 Å². The number of methoxy groups -OCH3 is 1. The van der Waals surface area contributed by atoms with Crippen molar-refractivity contribution in [1.29, 1.82) is 0 Å². The highest BCUT2D eigenvalue weighted by Crippen LogP contribution is 2.22. The average molecular weight is 399 g/mol. The largest absolute Gasteiger partial charge is 0.497 e. The molecule has 1 saturated heterocycles. The van der Waals surface area contributed by atoms with E-state index < -0.39 is 21.7 Å². The van der Waals surface area contributed by atoms with Gasteiger partial charge < -0.3 is 14.8 Å². The second-order valence-electron chi connectivity index (χ2n) is 7.85. The molecule has 152 valence electrons. The smallest absolute Gasteiger partial charge is 0.407 e. The molecule has 1 fully saturated rings. The van der Waals surface area contributed by atoms with E-state index in [1.165, 1.54) is 4.31 Å². The van der Waals surface area contributed by atoms with Gasteiger partial charge in [-0.1, -0.05) is 12.1 Å². The number of nitrogens with zero attached hydrogens (tertiary/aromatic N) is 1. The molecule has 0 unspecified atom stereocenters. The Morgan fingerprint density at radius 1 is 1.26 bits per heavy atom. The first-order valence-electron chi connectivity index (χ1n) is 9.17. The van der Waals surface area contributed by atoms with Crippen LogP contribution in [0.4, 0.5) is 4.79 Å². The van der Waals surface area contributed by atoms with E-state index >= 15 is 0 Å². The molecule has 0 aromatic heterocycles. The van der Waals surface area contributed by atoms with Crippen molar-refractivity contribution in [2.24, 2.45) is 5.92 Å². The Hall–Kier alpha value is -1.80. The quantitative estimate of drug-likeness (QED) is 0.796. The number of hydrogen-bond donors (Lipinski definition) is 1. The summed E-state index contributed by atoms with van der Waals surface area (Å²) in [6, 6.07) is 7.05. The van der Waals surface area contributed by atoms with Crippen LogP contribution in [-0.2, 0) is 20.5 Å². The molecule has 1 aromatic rings. The van der Waals surface area contributed by atoms with Gasteiger partial charge in [0.25, 0.3) is 0 Å². The van der Waals surface area contributed by atoms with Crippen LogP contribution in [0.1, 0.15) is 39.2 Å². The second kappa shape index (κ2) is 8.93. The molecular weight excluding hydrogens is 368 g/mol. The number of ether oxygens (including phenoxy) is 2. The Labute approximate surface area is 162 Å². The highest BCUT2D eigenvalue weighted by atomic mass is 32.2. The number of alkyl carbamates (subject to hydrolysis) is 1. The molecule has 7 nitrogen and oxygen atoms in total. The molecular formula is C19H30N2O5S. The first-order valence-corrected chi connectivity index (χ1v) is 10.8. The van der Waals surface area contributed by atoms with Gasteiger partial charge in [0.05, 0.1) is 12.9 Å². The molecule has 1 aliphatic heterocycles. The molecule has 0 radical (unpaired) electrons. The van der Waals surface area contributed by atoms with Crippen LogP contribution in [0.15, 0.2) is 24.3 Å². The second-order valence-corrected chi connectivity index (χ2v) is 9.82. The molecule has 1 aliphatic rings. The molecule has 27 heavy (non-hydrogen) atoms. The van der Waals surface area contributed by atoms with Gasteiger partial charge in [0.1, 0.15) is 11.4 Å². The third-order valence-electron chi connectivity index (χ3n) is 4.32. The van der Waals surface area contributed by atoms with Crippen molar-refractivity contribution >= 4 is 16.1 Å². The first-order chi connectivity index (χ1) is 12.6. The summed E-state index contributed by atoms with van der Waals surface area (Å²) in [5, 5.41) is 2.75. The van der Waals surface area contributed by atoms with Crippen molar-refractivity contribution in [1.82, 2.24) is 9.62 Å². The van der Waals surface area contributed by atoms with Crippen LogP contribution in [0, 0.1) is 5.92 Å². The number of piperidine rings is 1. The van der Waals surface area contributed by atoms with Gasteiger partial charge in [-0.25, -0.2) is 17.5 Å². The summed E-state index contributed by atoms with van der Waals surface area (Å²) < 4.78 is 37.4. The van der Waals surface area contributed by atoms with Crippen LogP contribution < -0.4 is 10.1 Å². The van der Waals surface area contributed by atoms with Gasteiger partial charge in [0.15, 0.2) is 0 Å². The maximum atomic E-state index is 12.8. The van der Waals surface area contributed by atoms with Crippen LogP contribution in [-0.4, -0.2) is 51.2 Å². The zero-order chi connectivity index (χ0) is 20.1. The van der Waals surface area contributed by atoms with Crippen molar-refractivity contribution in [2.75, 3.05) is 26.7 Å². The lowest BCUT2D eigenvalue weighted by Gasteiger charge is -2.32. The highest BCUT2D eigenvalue weighted by Gasteiger charge is 2.29. The molecule has 0 saturated carbocycles. The molecule has 0 aliphatic carbocycles. The van der Waals surface area contributed by atoms with Gasteiger partial charge in [0.2, 0.25) is 10.0 Å². The number of hydrogen-bond acceptors (Lipinski definition) is 5. The lowest BCUT2D eigenvalue weighted by atomic mass is 10.00. The molecule has 1 N–H and O–H groups in total. The minimum absolute atomic E-state index is 0.0385. The van der Waals surface area contributed by atoms with E-state index in [0.717, 1.165) is 18.4 Å². The van der Waals surface area contributed by atoms with Crippen molar-refractivity contribution in [3.63, 3.8) is 0 Å². The van der Waals surface area contributed by atoms with Crippen LogP contribution in [0.5, 0.6) is 5.75 Å². The number of amides is 1. The topological polar surface area (TPSA) is 84.9 Å². The summed E-state index contributed by atoms with van der Waals surface area (Å²) >= 11 is 0. The normalized spacial score (nSPS) is 18.7. The summed E-state index contributed by atoms with van der Waals surface area (Å²) in [6.45, 7) is 6.75. The molecule has 1 heterocycles. The van der Waals surface area contributed by atoms with Crippen molar-refractivity contribution in [3.8, 4) is 5.75 Å². The Bertz CT molecular complexity index is 725. The first kappa shape index (κ1) is 21.5. The van der Waals surface area contributed by atoms with Crippen molar-refractivity contribution in [2.45, 2.75) is 45.0 Å². The van der Waals surface area contributed by atoms with Gasteiger partial charge >= 0.3 is 6.09 Å². The summed E-state index contributed by atoms with van der Waals surface area (Å²) in [5.41, 5.74) is 0.175. The predicted molar refractivity (Wildman–Crippen MR) is 104 cm³/mol. The molecule has 0 bridgehead atoms. The standard InChI is InChI=1S/C19H30N2O5S/c1-19(2,3)26-18(22)20-12-16-6-5-11-21(13-16)27(23,24)14-15-7-9-17(25-4)10-8-15/h7-10,16H,5-6,11-14H2,1-4H3,(H,20,22)/t16-/m0/s1. The summed E-state index contributed by atoms with van der Waals surface area (Å²) in [7, 11) is -1.83. The molecule has 0 spiro atoms. The van der Waals surface area contributed by atoms with E-state index in [9.17, 15) is 13.2 Å². The third-order valence-corrected chi connectivity index (χ3v) is 6.13. The number of rotatable bonds is 6. The Kier molecular flexibility index (Phi) is 7.11. The predicted octanol–water partition coefficient (Wildman–Crippen LogP) is 2.76. The van der Waals surface area contributed by atoms with Crippen molar-refractivity contribution in [3.05, 3.63) is 29.8 Å². The minimum atomic E-state index is -3.41. The van der Waals surface area contributed by atoms with Crippen LogP contribution in [0.3, 0.4) is 0 Å². The van der Waals surface area contributed by atoms with Gasteiger partial charge in [-0.2, -0.15) is 0 Å². The van der Waals surface area contributed by atoms with E-state index in [2.05, 4.69) is 5.32 Å². The van der Waals surface area contributed by atoms with E-state index in [-0.39, 0.29) is 11.7 Å². The summed E-state index contributed by atoms with van der Waals surface area (Å²) in [5.74, 6) is 0.739. The zero-order valence-electron chi connectivity index (χ0n) is 16.5. The summed E-state index contributed by atoms with van der Waals surface area (Å²) in [4.78, 5) is 11.8. The van der Waals surface area contributed by atoms with Crippen LogP contribution in [0.2, 0.25) is 0 Å². The molecule has 1 atom stereocenters. The van der Waals surface area contributed by atoms with Gasteiger partial charge in [-0.15, -0.1) is 0 Å². The van der Waals surface area contributed by atoms with Gasteiger partial charge in [-0.3, -0.25) is 0 Å².